The highest BCUT2D eigenvalue weighted by Gasteiger charge is 2.21. The SMILES string of the molecule is O=S1(=O)CCC(/C=C/CO)CC1. The molecule has 12 heavy (non-hydrogen) atoms. The molecular weight excluding hydrogens is 176 g/mol. The van der Waals surface area contributed by atoms with Gasteiger partial charge in [0, 0.05) is 0 Å². The second-order valence-corrected chi connectivity index (χ2v) is 5.40. The molecule has 0 aromatic rings. The molecule has 0 amide bonds. The maximum absolute atomic E-state index is 11.0. The number of sulfone groups is 1. The normalized spacial score (nSPS) is 24.8. The van der Waals surface area contributed by atoms with Crippen molar-refractivity contribution in [1.29, 1.82) is 0 Å². The fourth-order valence-corrected chi connectivity index (χ4v) is 2.88. The Balaban J connectivity index is 2.41. The largest absolute Gasteiger partial charge is 0.392 e. The van der Waals surface area contributed by atoms with Crippen LogP contribution in [0.4, 0.5) is 0 Å². The van der Waals surface area contributed by atoms with Gasteiger partial charge in [-0.05, 0) is 18.8 Å². The summed E-state index contributed by atoms with van der Waals surface area (Å²) in [5.41, 5.74) is 0. The van der Waals surface area contributed by atoms with Crippen molar-refractivity contribution in [2.24, 2.45) is 5.92 Å². The third kappa shape index (κ3) is 2.95. The molecule has 0 bridgehead atoms. The van der Waals surface area contributed by atoms with E-state index in [1.54, 1.807) is 6.08 Å². The molecular formula is C8H14O3S. The van der Waals surface area contributed by atoms with E-state index in [0.29, 0.717) is 30.3 Å². The lowest BCUT2D eigenvalue weighted by atomic mass is 10.0. The lowest BCUT2D eigenvalue weighted by molar-refractivity contribution is 0.341. The highest BCUT2D eigenvalue weighted by molar-refractivity contribution is 7.91. The predicted molar refractivity (Wildman–Crippen MR) is 47.6 cm³/mol. The predicted octanol–water partition coefficient (Wildman–Crippen LogP) is 0.360. The Labute approximate surface area is 73.0 Å². The van der Waals surface area contributed by atoms with Crippen LogP contribution in [-0.4, -0.2) is 31.6 Å². The van der Waals surface area contributed by atoms with Gasteiger partial charge in [-0.2, -0.15) is 0 Å². The summed E-state index contributed by atoms with van der Waals surface area (Å²) in [6.45, 7) is 0.0449. The van der Waals surface area contributed by atoms with Crippen molar-refractivity contribution in [2.75, 3.05) is 18.1 Å². The molecule has 0 aromatic heterocycles. The molecule has 0 aliphatic carbocycles. The van der Waals surface area contributed by atoms with Crippen LogP contribution in [0.2, 0.25) is 0 Å². The lowest BCUT2D eigenvalue weighted by Crippen LogP contribution is -2.22. The second-order valence-electron chi connectivity index (χ2n) is 3.10. The summed E-state index contributed by atoms with van der Waals surface area (Å²) in [5.74, 6) is 0.946. The lowest BCUT2D eigenvalue weighted by Gasteiger charge is -2.18. The van der Waals surface area contributed by atoms with Crippen molar-refractivity contribution < 1.29 is 13.5 Å². The molecule has 3 nitrogen and oxygen atoms in total. The zero-order valence-electron chi connectivity index (χ0n) is 6.94. The average molecular weight is 190 g/mol. The Hall–Kier alpha value is -0.350. The summed E-state index contributed by atoms with van der Waals surface area (Å²) in [5, 5.41) is 8.49. The summed E-state index contributed by atoms with van der Waals surface area (Å²) in [4.78, 5) is 0. The van der Waals surface area contributed by atoms with Crippen molar-refractivity contribution in [1.82, 2.24) is 0 Å². The maximum atomic E-state index is 11.0. The first-order chi connectivity index (χ1) is 5.64. The van der Waals surface area contributed by atoms with E-state index in [1.165, 1.54) is 0 Å². The quantitative estimate of drug-likeness (QED) is 0.640. The number of hydrogen-bond acceptors (Lipinski definition) is 3. The van der Waals surface area contributed by atoms with E-state index in [4.69, 9.17) is 5.11 Å². The van der Waals surface area contributed by atoms with Crippen LogP contribution in [0.5, 0.6) is 0 Å². The molecule has 0 spiro atoms. The van der Waals surface area contributed by atoms with E-state index < -0.39 is 9.84 Å². The first-order valence-electron chi connectivity index (χ1n) is 4.12. The zero-order valence-corrected chi connectivity index (χ0v) is 7.76. The topological polar surface area (TPSA) is 54.4 Å². The second kappa shape index (κ2) is 4.05. The molecule has 0 atom stereocenters. The van der Waals surface area contributed by atoms with Crippen LogP contribution in [0.25, 0.3) is 0 Å². The van der Waals surface area contributed by atoms with Gasteiger partial charge >= 0.3 is 0 Å². The summed E-state index contributed by atoms with van der Waals surface area (Å²) in [6, 6.07) is 0. The van der Waals surface area contributed by atoms with Gasteiger partial charge in [0.2, 0.25) is 0 Å². The van der Waals surface area contributed by atoms with Crippen LogP contribution < -0.4 is 0 Å². The summed E-state index contributed by atoms with van der Waals surface area (Å²) < 4.78 is 22.0. The number of aliphatic hydroxyl groups excluding tert-OH is 1. The summed E-state index contributed by atoms with van der Waals surface area (Å²) >= 11 is 0. The summed E-state index contributed by atoms with van der Waals surface area (Å²) in [6.07, 6.45) is 5.01. The fraction of sp³-hybridized carbons (Fsp3) is 0.750. The van der Waals surface area contributed by atoms with Crippen LogP contribution in [0.15, 0.2) is 12.2 Å². The first kappa shape index (κ1) is 9.74. The Morgan fingerprint density at radius 3 is 2.42 bits per heavy atom. The van der Waals surface area contributed by atoms with Gasteiger partial charge in [-0.3, -0.25) is 0 Å². The number of aliphatic hydroxyl groups is 1. The molecule has 70 valence electrons. The fourth-order valence-electron chi connectivity index (χ4n) is 1.35. The van der Waals surface area contributed by atoms with Crippen LogP contribution >= 0.6 is 0 Å². The van der Waals surface area contributed by atoms with Gasteiger partial charge in [-0.15, -0.1) is 0 Å². The van der Waals surface area contributed by atoms with Crippen LogP contribution in [-0.2, 0) is 9.84 Å². The molecule has 4 heteroatoms. The van der Waals surface area contributed by atoms with Gasteiger partial charge < -0.3 is 5.11 Å². The van der Waals surface area contributed by atoms with Crippen molar-refractivity contribution in [3.8, 4) is 0 Å². The monoisotopic (exact) mass is 190 g/mol. The molecule has 1 aliphatic heterocycles. The van der Waals surface area contributed by atoms with Gasteiger partial charge in [0.25, 0.3) is 0 Å². The van der Waals surface area contributed by atoms with Gasteiger partial charge in [0.15, 0.2) is 0 Å². The number of rotatable bonds is 2. The minimum atomic E-state index is -2.74. The number of hydrogen-bond donors (Lipinski definition) is 1. The molecule has 0 unspecified atom stereocenters. The molecule has 0 aromatic carbocycles. The number of allylic oxidation sites excluding steroid dienone is 1. The van der Waals surface area contributed by atoms with Crippen molar-refractivity contribution in [3.63, 3.8) is 0 Å². The van der Waals surface area contributed by atoms with E-state index in [0.717, 1.165) is 0 Å². The minimum Gasteiger partial charge on any atom is -0.392 e. The van der Waals surface area contributed by atoms with E-state index in [-0.39, 0.29) is 6.61 Å². The molecule has 1 saturated heterocycles. The molecule has 1 rings (SSSR count). The van der Waals surface area contributed by atoms with Gasteiger partial charge in [0.1, 0.15) is 9.84 Å². The van der Waals surface area contributed by atoms with E-state index in [1.807, 2.05) is 6.08 Å². The van der Waals surface area contributed by atoms with Crippen molar-refractivity contribution >= 4 is 9.84 Å². The van der Waals surface area contributed by atoms with Gasteiger partial charge in [0.05, 0.1) is 18.1 Å². The van der Waals surface area contributed by atoms with E-state index in [9.17, 15) is 8.42 Å². The third-order valence-corrected chi connectivity index (χ3v) is 3.83. The molecule has 0 radical (unpaired) electrons. The summed E-state index contributed by atoms with van der Waals surface area (Å²) in [7, 11) is -2.74. The maximum Gasteiger partial charge on any atom is 0.150 e. The van der Waals surface area contributed by atoms with Gasteiger partial charge in [-0.25, -0.2) is 8.42 Å². The zero-order chi connectivity index (χ0) is 9.03. The molecule has 1 aliphatic rings. The Kier molecular flexibility index (Phi) is 3.29. The highest BCUT2D eigenvalue weighted by Crippen LogP contribution is 2.19. The van der Waals surface area contributed by atoms with Crippen molar-refractivity contribution in [2.45, 2.75) is 12.8 Å². The Morgan fingerprint density at radius 2 is 1.92 bits per heavy atom. The van der Waals surface area contributed by atoms with E-state index in [2.05, 4.69) is 0 Å². The average Bonchev–Trinajstić information content (AvgIpc) is 2.03. The van der Waals surface area contributed by atoms with Crippen molar-refractivity contribution in [3.05, 3.63) is 12.2 Å². The van der Waals surface area contributed by atoms with Crippen LogP contribution in [0.3, 0.4) is 0 Å². The van der Waals surface area contributed by atoms with Crippen LogP contribution in [0, 0.1) is 5.92 Å². The molecule has 0 saturated carbocycles. The molecule has 1 heterocycles. The third-order valence-electron chi connectivity index (χ3n) is 2.11. The minimum absolute atomic E-state index is 0.0449. The Morgan fingerprint density at radius 1 is 1.33 bits per heavy atom. The van der Waals surface area contributed by atoms with Crippen LogP contribution in [0.1, 0.15) is 12.8 Å². The molecule has 1 fully saturated rings. The molecule has 1 N–H and O–H groups in total. The Bertz CT molecular complexity index is 239. The smallest absolute Gasteiger partial charge is 0.150 e. The standard InChI is InChI=1S/C8H14O3S/c9-5-1-2-8-3-6-12(10,11)7-4-8/h1-2,8-9H,3-7H2/b2-1+. The first-order valence-corrected chi connectivity index (χ1v) is 5.94. The van der Waals surface area contributed by atoms with Gasteiger partial charge in [-0.1, -0.05) is 12.2 Å². The van der Waals surface area contributed by atoms with E-state index >= 15 is 0 Å². The highest BCUT2D eigenvalue weighted by atomic mass is 32.2.